The highest BCUT2D eigenvalue weighted by atomic mass is 15.1. The molecule has 0 spiro atoms. The monoisotopic (exact) mass is 1020 g/mol. The zero-order valence-electron chi connectivity index (χ0n) is 43.9. The molecule has 0 atom stereocenters. The third-order valence-electron chi connectivity index (χ3n) is 16.1. The Labute approximate surface area is 465 Å². The van der Waals surface area contributed by atoms with Crippen LogP contribution in [0.4, 0.5) is 34.1 Å². The zero-order valence-corrected chi connectivity index (χ0v) is 43.9. The Morgan fingerprint density at radius 1 is 0.163 bits per heavy atom. The van der Waals surface area contributed by atoms with E-state index in [2.05, 4.69) is 325 Å². The van der Waals surface area contributed by atoms with E-state index in [-0.39, 0.29) is 0 Å². The topological polar surface area (TPSA) is 6.48 Å². The van der Waals surface area contributed by atoms with Crippen molar-refractivity contribution in [1.29, 1.82) is 0 Å². The van der Waals surface area contributed by atoms with Gasteiger partial charge in [0, 0.05) is 33.5 Å². The average molecular weight is 1020 g/mol. The third-order valence-corrected chi connectivity index (χ3v) is 16.1. The normalized spacial score (nSPS) is 11.5. The molecule has 0 aliphatic heterocycles. The lowest BCUT2D eigenvalue weighted by Gasteiger charge is -2.28. The van der Waals surface area contributed by atoms with Gasteiger partial charge in [-0.25, -0.2) is 0 Å². The molecule has 15 aromatic rings. The summed E-state index contributed by atoms with van der Waals surface area (Å²) >= 11 is 0. The fourth-order valence-electron chi connectivity index (χ4n) is 12.3. The van der Waals surface area contributed by atoms with Crippen molar-refractivity contribution in [3.8, 4) is 44.5 Å². The molecule has 15 rings (SSSR count). The molecule has 374 valence electrons. The second-order valence-electron chi connectivity index (χ2n) is 20.8. The van der Waals surface area contributed by atoms with Crippen LogP contribution in [0.3, 0.4) is 0 Å². The smallest absolute Gasteiger partial charge is 0.0546 e. The molecule has 0 radical (unpaired) electrons. The van der Waals surface area contributed by atoms with Crippen LogP contribution >= 0.6 is 0 Å². The Bertz CT molecular complexity index is 4750. The molecule has 0 N–H and O–H groups in total. The van der Waals surface area contributed by atoms with E-state index in [9.17, 15) is 0 Å². The average Bonchev–Trinajstić information content (AvgIpc) is 3.72. The molecule has 2 heteroatoms. The van der Waals surface area contributed by atoms with Crippen LogP contribution in [0.2, 0.25) is 0 Å². The van der Waals surface area contributed by atoms with Crippen LogP contribution < -0.4 is 9.80 Å². The van der Waals surface area contributed by atoms with Gasteiger partial charge in [0.2, 0.25) is 0 Å². The molecule has 0 saturated heterocycles. The first kappa shape index (κ1) is 46.7. The van der Waals surface area contributed by atoms with Gasteiger partial charge in [0.25, 0.3) is 0 Å². The second-order valence-corrected chi connectivity index (χ2v) is 20.8. The predicted molar refractivity (Wildman–Crippen MR) is 343 cm³/mol. The highest BCUT2D eigenvalue weighted by Gasteiger charge is 2.21. The summed E-state index contributed by atoms with van der Waals surface area (Å²) in [6.45, 7) is 0. The Morgan fingerprint density at radius 3 is 1.04 bits per heavy atom. The van der Waals surface area contributed by atoms with Gasteiger partial charge in [0.1, 0.15) is 0 Å². The van der Waals surface area contributed by atoms with Crippen molar-refractivity contribution in [2.24, 2.45) is 0 Å². The van der Waals surface area contributed by atoms with Crippen molar-refractivity contribution >= 4 is 98.8 Å². The van der Waals surface area contributed by atoms with Crippen LogP contribution in [-0.2, 0) is 0 Å². The molecule has 0 bridgehead atoms. The van der Waals surface area contributed by atoms with E-state index in [0.717, 1.165) is 50.8 Å². The van der Waals surface area contributed by atoms with E-state index < -0.39 is 0 Å². The predicted octanol–water partition coefficient (Wildman–Crippen LogP) is 22.2. The highest BCUT2D eigenvalue weighted by Crippen LogP contribution is 2.47. The summed E-state index contributed by atoms with van der Waals surface area (Å²) in [6.07, 6.45) is 0. The molecule has 0 aliphatic carbocycles. The van der Waals surface area contributed by atoms with Gasteiger partial charge in [0.15, 0.2) is 0 Å². The van der Waals surface area contributed by atoms with Crippen molar-refractivity contribution in [3.63, 3.8) is 0 Å². The first-order valence-corrected chi connectivity index (χ1v) is 27.6. The molecule has 2 nitrogen and oxygen atoms in total. The highest BCUT2D eigenvalue weighted by molar-refractivity contribution is 6.22. The van der Waals surface area contributed by atoms with Crippen molar-refractivity contribution in [2.45, 2.75) is 0 Å². The summed E-state index contributed by atoms with van der Waals surface area (Å²) in [7, 11) is 0. The Balaban J connectivity index is 0.786. The fourth-order valence-corrected chi connectivity index (χ4v) is 12.3. The van der Waals surface area contributed by atoms with Gasteiger partial charge >= 0.3 is 0 Å². The Hall–Kier alpha value is -10.5. The van der Waals surface area contributed by atoms with Crippen LogP contribution in [0.5, 0.6) is 0 Å². The molecule has 0 amide bonds. The summed E-state index contributed by atoms with van der Waals surface area (Å²) in [6, 6.07) is 116. The first-order valence-electron chi connectivity index (χ1n) is 27.6. The van der Waals surface area contributed by atoms with E-state index in [0.29, 0.717) is 0 Å². The van der Waals surface area contributed by atoms with Crippen molar-refractivity contribution < 1.29 is 0 Å². The summed E-state index contributed by atoms with van der Waals surface area (Å²) in [5.41, 5.74) is 16.3. The standard InChI is InChI=1S/C78H52N2/c1-3-23-65(24-4-1)79(75-33-17-22-56-19-9-11-27-69(56)75)67-44-40-54(41-45-67)55-42-46-68(47-43-55)80(66-25-5-2-6-26-66)76-52-64(51-61-21-10-12-28-70(61)76)60-36-35-59-50-63(39-37-58(59)48-60)78-73-31-15-13-29-71(73)77(72-30-14-16-32-74(72)78)62-38-34-53-18-7-8-20-57(53)49-62/h1-52H. The Kier molecular flexibility index (Phi) is 11.6. The number of anilines is 6. The molecular weight excluding hydrogens is 965 g/mol. The summed E-state index contributed by atoms with van der Waals surface area (Å²) < 4.78 is 0. The third kappa shape index (κ3) is 8.30. The number of hydrogen-bond donors (Lipinski definition) is 0. The summed E-state index contributed by atoms with van der Waals surface area (Å²) in [4.78, 5) is 4.77. The quantitative estimate of drug-likeness (QED) is 0.126. The minimum absolute atomic E-state index is 1.08. The number of nitrogens with zero attached hydrogens (tertiary/aromatic N) is 2. The molecular formula is C78H52N2. The lowest BCUT2D eigenvalue weighted by molar-refractivity contribution is 1.29. The number of rotatable bonds is 10. The van der Waals surface area contributed by atoms with Gasteiger partial charge in [-0.3, -0.25) is 0 Å². The van der Waals surface area contributed by atoms with E-state index in [4.69, 9.17) is 0 Å². The maximum absolute atomic E-state index is 2.41. The van der Waals surface area contributed by atoms with Crippen LogP contribution in [0, 0.1) is 0 Å². The molecule has 0 fully saturated rings. The van der Waals surface area contributed by atoms with Crippen LogP contribution in [-0.4, -0.2) is 0 Å². The SMILES string of the molecule is c1ccc(N(c2ccc(-c3ccc(N(c4ccccc4)c4cc(-c5ccc6cc(-c7c8ccccc8c(-c8ccc9ccccc9c8)c8ccccc78)ccc6c5)cc5ccccc45)cc3)cc2)c2cccc3ccccc23)cc1. The van der Waals surface area contributed by atoms with E-state index in [1.54, 1.807) is 0 Å². The maximum Gasteiger partial charge on any atom is 0.0546 e. The summed E-state index contributed by atoms with van der Waals surface area (Å²) in [5, 5.41) is 14.7. The molecule has 15 aromatic carbocycles. The van der Waals surface area contributed by atoms with Crippen molar-refractivity contribution in [1.82, 2.24) is 0 Å². The minimum Gasteiger partial charge on any atom is -0.310 e. The van der Waals surface area contributed by atoms with Gasteiger partial charge in [0.05, 0.1) is 11.4 Å². The number of hydrogen-bond acceptors (Lipinski definition) is 2. The molecule has 0 aromatic heterocycles. The number of benzene rings is 15. The minimum atomic E-state index is 1.08. The van der Waals surface area contributed by atoms with E-state index in [1.807, 2.05) is 0 Å². The van der Waals surface area contributed by atoms with Crippen molar-refractivity contribution in [3.05, 3.63) is 315 Å². The first-order chi connectivity index (χ1) is 39.7. The number of fused-ring (bicyclic) bond motifs is 6. The van der Waals surface area contributed by atoms with Crippen LogP contribution in [0.25, 0.3) is 109 Å². The largest absolute Gasteiger partial charge is 0.310 e. The molecule has 0 heterocycles. The van der Waals surface area contributed by atoms with Crippen LogP contribution in [0.1, 0.15) is 0 Å². The Morgan fingerprint density at radius 2 is 0.500 bits per heavy atom. The lowest BCUT2D eigenvalue weighted by Crippen LogP contribution is -2.10. The van der Waals surface area contributed by atoms with E-state index in [1.165, 1.54) is 92.5 Å². The summed E-state index contributed by atoms with van der Waals surface area (Å²) in [5.74, 6) is 0. The van der Waals surface area contributed by atoms with Gasteiger partial charge < -0.3 is 9.80 Å². The van der Waals surface area contributed by atoms with Gasteiger partial charge in [-0.2, -0.15) is 0 Å². The van der Waals surface area contributed by atoms with Gasteiger partial charge in [-0.15, -0.1) is 0 Å². The molecule has 0 aliphatic rings. The van der Waals surface area contributed by atoms with Gasteiger partial charge in [-0.05, 0) is 183 Å². The van der Waals surface area contributed by atoms with Gasteiger partial charge in [-0.1, -0.05) is 231 Å². The van der Waals surface area contributed by atoms with Crippen LogP contribution in [0.15, 0.2) is 315 Å². The number of para-hydroxylation sites is 2. The molecule has 0 unspecified atom stereocenters. The van der Waals surface area contributed by atoms with Crippen molar-refractivity contribution in [2.75, 3.05) is 9.80 Å². The second kappa shape index (κ2) is 19.8. The van der Waals surface area contributed by atoms with E-state index >= 15 is 0 Å². The zero-order chi connectivity index (χ0) is 52.9. The maximum atomic E-state index is 2.41. The molecule has 80 heavy (non-hydrogen) atoms. The molecule has 0 saturated carbocycles. The lowest BCUT2D eigenvalue weighted by atomic mass is 9.85. The fraction of sp³-hybridized carbons (Fsp3) is 0.